The van der Waals surface area contributed by atoms with Crippen LogP contribution in [-0.2, 0) is 25.5 Å². The molecule has 265 valence electrons. The zero-order chi connectivity index (χ0) is 36.0. The molecular weight excluding hydrogens is 868 g/mol. The summed E-state index contributed by atoms with van der Waals surface area (Å²) in [7, 11) is -1.38. The van der Waals surface area contributed by atoms with Crippen LogP contribution < -0.4 is 5.19 Å². The van der Waals surface area contributed by atoms with E-state index >= 15 is 0 Å². The van der Waals surface area contributed by atoms with Gasteiger partial charge in [0.15, 0.2) is 0 Å². The van der Waals surface area contributed by atoms with Crippen molar-refractivity contribution in [2.75, 3.05) is 0 Å². The van der Waals surface area contributed by atoms with E-state index in [1.54, 1.807) is 6.07 Å². The van der Waals surface area contributed by atoms with Gasteiger partial charge in [-0.15, -0.1) is 42.0 Å². The molecule has 3 nitrogen and oxygen atoms in total. The predicted octanol–water partition coefficient (Wildman–Crippen LogP) is 12.4. The van der Waals surface area contributed by atoms with Crippen molar-refractivity contribution in [2.24, 2.45) is 0 Å². The van der Waals surface area contributed by atoms with Crippen LogP contribution in [0.25, 0.3) is 64.6 Å². The van der Waals surface area contributed by atoms with Crippen LogP contribution in [0, 0.1) is 17.9 Å². The molecular formula is C46H37FIrN2OSSi-2. The van der Waals surface area contributed by atoms with Gasteiger partial charge in [-0.2, -0.15) is 11.3 Å². The molecule has 0 atom stereocenters. The van der Waals surface area contributed by atoms with E-state index in [4.69, 9.17) is 4.42 Å². The summed E-state index contributed by atoms with van der Waals surface area (Å²) in [4.78, 5) is 9.28. The molecule has 0 saturated carbocycles. The zero-order valence-electron chi connectivity index (χ0n) is 30.1. The molecule has 0 aliphatic heterocycles. The fraction of sp³-hybridized carbons (Fsp3) is 0.130. The standard InChI is InChI=1S/C26H20NS.C20H17FNOSi.Ir/c1-26(2,19-8-4-3-5-9-19)20-14-15-27-23(17-20)18-12-13-25-22(16-18)21-10-6-7-11-24(21)28-25;1-24(2,3)14-8-10-18(22-12-14)17-6-4-5-16-15-9-7-13(21)11-19(15)23-20(16)17;/h3-11,13-17H,1-2H3;4-5,7-12H,1-3H3;/q2*-1;. The normalized spacial score (nSPS) is 11.8. The Hall–Kier alpha value is -4.78. The SMILES string of the molecule is CC(C)(c1ccccc1)c1ccnc(-c2[c-]cc3sc4ccccc4c3c2)c1.C[Si](C)(C)c1ccc(-c2[c-]ccc3c2oc2cc(F)ccc23)nc1.[Ir]. The Kier molecular flexibility index (Phi) is 10.0. The van der Waals surface area contributed by atoms with Gasteiger partial charge in [0.1, 0.15) is 11.4 Å². The number of hydrogen-bond acceptors (Lipinski definition) is 4. The van der Waals surface area contributed by atoms with E-state index < -0.39 is 8.07 Å². The summed E-state index contributed by atoms with van der Waals surface area (Å²) in [5, 5.41) is 5.75. The summed E-state index contributed by atoms with van der Waals surface area (Å²) in [5.41, 5.74) is 7.37. The van der Waals surface area contributed by atoms with Gasteiger partial charge in [-0.05, 0) is 62.1 Å². The number of fused-ring (bicyclic) bond motifs is 6. The smallest absolute Gasteiger partial charge is 0.126 e. The third-order valence-corrected chi connectivity index (χ3v) is 13.0. The molecule has 53 heavy (non-hydrogen) atoms. The zero-order valence-corrected chi connectivity index (χ0v) is 34.3. The molecule has 9 aromatic rings. The molecule has 0 bridgehead atoms. The second-order valence-corrected chi connectivity index (χ2v) is 20.8. The van der Waals surface area contributed by atoms with Gasteiger partial charge in [-0.3, -0.25) is 0 Å². The van der Waals surface area contributed by atoms with Crippen molar-refractivity contribution in [3.8, 4) is 22.5 Å². The molecule has 0 aliphatic carbocycles. The van der Waals surface area contributed by atoms with E-state index in [9.17, 15) is 4.39 Å². The van der Waals surface area contributed by atoms with Gasteiger partial charge >= 0.3 is 0 Å². The second-order valence-electron chi connectivity index (χ2n) is 14.7. The van der Waals surface area contributed by atoms with Crippen molar-refractivity contribution in [3.63, 3.8) is 0 Å². The quantitative estimate of drug-likeness (QED) is 0.128. The van der Waals surface area contributed by atoms with Crippen LogP contribution >= 0.6 is 11.3 Å². The minimum atomic E-state index is -1.38. The Labute approximate surface area is 327 Å². The van der Waals surface area contributed by atoms with Crippen LogP contribution in [0.15, 0.2) is 138 Å². The number of hydrogen-bond donors (Lipinski definition) is 0. The first-order chi connectivity index (χ1) is 25.1. The van der Waals surface area contributed by atoms with Crippen molar-refractivity contribution < 1.29 is 28.9 Å². The number of rotatable bonds is 5. The average molecular weight is 905 g/mol. The molecule has 4 aromatic heterocycles. The van der Waals surface area contributed by atoms with Crippen molar-refractivity contribution in [2.45, 2.75) is 38.9 Å². The van der Waals surface area contributed by atoms with E-state index in [-0.39, 0.29) is 31.3 Å². The number of benzene rings is 5. The summed E-state index contributed by atoms with van der Waals surface area (Å²) in [5.74, 6) is -0.301. The Bertz CT molecular complexity index is 2710. The summed E-state index contributed by atoms with van der Waals surface area (Å²) in [6.45, 7) is 11.4. The maximum absolute atomic E-state index is 13.5. The molecule has 0 unspecified atom stereocenters. The number of pyridine rings is 2. The fourth-order valence-electron chi connectivity index (χ4n) is 6.70. The molecule has 0 amide bonds. The van der Waals surface area contributed by atoms with Crippen LogP contribution in [0.1, 0.15) is 25.0 Å². The topological polar surface area (TPSA) is 38.9 Å². The third kappa shape index (κ3) is 7.15. The first-order valence-corrected chi connectivity index (χ1v) is 21.7. The Morgan fingerprint density at radius 2 is 1.49 bits per heavy atom. The number of thiophene rings is 1. The van der Waals surface area contributed by atoms with Gasteiger partial charge in [0.25, 0.3) is 0 Å². The molecule has 0 aliphatic rings. The van der Waals surface area contributed by atoms with Crippen molar-refractivity contribution in [1.82, 2.24) is 9.97 Å². The second kappa shape index (κ2) is 14.6. The van der Waals surface area contributed by atoms with Crippen molar-refractivity contribution in [1.29, 1.82) is 0 Å². The largest absolute Gasteiger partial charge is 0.500 e. The molecule has 9 rings (SSSR count). The maximum Gasteiger partial charge on any atom is 0.126 e. The van der Waals surface area contributed by atoms with E-state index in [1.807, 2.05) is 41.9 Å². The molecule has 5 aromatic carbocycles. The van der Waals surface area contributed by atoms with Crippen molar-refractivity contribution in [3.05, 3.63) is 163 Å². The van der Waals surface area contributed by atoms with Crippen LogP contribution in [0.2, 0.25) is 19.6 Å². The molecule has 4 heterocycles. The third-order valence-electron chi connectivity index (χ3n) is 9.84. The van der Waals surface area contributed by atoms with E-state index in [1.165, 1.54) is 48.6 Å². The number of aromatic nitrogens is 2. The number of furan rings is 1. The Morgan fingerprint density at radius 3 is 2.26 bits per heavy atom. The van der Waals surface area contributed by atoms with Gasteiger partial charge in [-0.1, -0.05) is 117 Å². The summed E-state index contributed by atoms with van der Waals surface area (Å²) in [6.07, 6.45) is 3.87. The number of halogens is 1. The van der Waals surface area contributed by atoms with Crippen LogP contribution in [-0.4, -0.2) is 18.0 Å². The first-order valence-electron chi connectivity index (χ1n) is 17.4. The Balaban J connectivity index is 0.000000163. The molecule has 0 N–H and O–H groups in total. The molecule has 7 heteroatoms. The van der Waals surface area contributed by atoms with Crippen LogP contribution in [0.4, 0.5) is 4.39 Å². The Morgan fingerprint density at radius 1 is 0.698 bits per heavy atom. The van der Waals surface area contributed by atoms with E-state index in [0.717, 1.165) is 33.3 Å². The summed E-state index contributed by atoms with van der Waals surface area (Å²) in [6, 6.07) is 47.2. The van der Waals surface area contributed by atoms with Gasteiger partial charge in [0, 0.05) is 54.1 Å². The van der Waals surface area contributed by atoms with Crippen molar-refractivity contribution >= 4 is 66.7 Å². The van der Waals surface area contributed by atoms with E-state index in [0.29, 0.717) is 11.2 Å². The van der Waals surface area contributed by atoms with Crippen LogP contribution in [0.5, 0.6) is 0 Å². The molecule has 0 spiro atoms. The van der Waals surface area contributed by atoms with Crippen LogP contribution in [0.3, 0.4) is 0 Å². The fourth-order valence-corrected chi connectivity index (χ4v) is 8.80. The minimum Gasteiger partial charge on any atom is -0.500 e. The number of nitrogens with zero attached hydrogens (tertiary/aromatic N) is 2. The maximum atomic E-state index is 13.5. The summed E-state index contributed by atoms with van der Waals surface area (Å²) < 4.78 is 22.0. The van der Waals surface area contributed by atoms with Gasteiger partial charge < -0.3 is 14.4 Å². The average Bonchev–Trinajstić information content (AvgIpc) is 3.73. The van der Waals surface area contributed by atoms with Gasteiger partial charge in [-0.25, -0.2) is 4.39 Å². The summed E-state index contributed by atoms with van der Waals surface area (Å²) >= 11 is 1.82. The minimum absolute atomic E-state index is 0. The monoisotopic (exact) mass is 905 g/mol. The van der Waals surface area contributed by atoms with Gasteiger partial charge in [0.05, 0.1) is 13.7 Å². The molecule has 0 fully saturated rings. The van der Waals surface area contributed by atoms with Gasteiger partial charge in [0.2, 0.25) is 0 Å². The molecule has 0 saturated heterocycles. The predicted molar refractivity (Wildman–Crippen MR) is 219 cm³/mol. The first kappa shape index (κ1) is 36.6. The molecule has 1 radical (unpaired) electrons. The van der Waals surface area contributed by atoms with E-state index in [2.05, 4.69) is 141 Å².